The maximum atomic E-state index is 5.56. The zero-order valence-electron chi connectivity index (χ0n) is 10.2. The molecule has 0 amide bonds. The summed E-state index contributed by atoms with van der Waals surface area (Å²) in [4.78, 5) is 0. The van der Waals surface area contributed by atoms with E-state index in [-0.39, 0.29) is 6.04 Å². The summed E-state index contributed by atoms with van der Waals surface area (Å²) in [5.74, 6) is 6.48. The van der Waals surface area contributed by atoms with Crippen molar-refractivity contribution in [2.24, 2.45) is 5.84 Å². The van der Waals surface area contributed by atoms with Crippen molar-refractivity contribution in [2.45, 2.75) is 39.2 Å². The maximum absolute atomic E-state index is 5.56. The molecule has 0 heterocycles. The standard InChI is InChI=1S/C13H22N2O/c1-3-5-6-13(15-14)11-7-9-12(10-8-11)16-4-2/h7-10,13,15H,3-6,14H2,1-2H3. The molecule has 0 saturated heterocycles. The van der Waals surface area contributed by atoms with Crippen LogP contribution in [0, 0.1) is 0 Å². The minimum atomic E-state index is 0.246. The number of nitrogens with one attached hydrogen (secondary N) is 1. The third-order valence-electron chi connectivity index (χ3n) is 2.64. The monoisotopic (exact) mass is 222 g/mol. The molecular formula is C13H22N2O. The second kappa shape index (κ2) is 7.25. The van der Waals surface area contributed by atoms with Crippen LogP contribution in [0.15, 0.2) is 24.3 Å². The first-order chi connectivity index (χ1) is 7.81. The van der Waals surface area contributed by atoms with Gasteiger partial charge in [0.25, 0.3) is 0 Å². The van der Waals surface area contributed by atoms with E-state index in [0.717, 1.165) is 12.2 Å². The van der Waals surface area contributed by atoms with Crippen LogP contribution in [0.2, 0.25) is 0 Å². The molecule has 0 radical (unpaired) electrons. The SMILES string of the molecule is CCCCC(NN)c1ccc(OCC)cc1. The summed E-state index contributed by atoms with van der Waals surface area (Å²) in [7, 11) is 0. The molecule has 3 nitrogen and oxygen atoms in total. The van der Waals surface area contributed by atoms with E-state index in [1.165, 1.54) is 18.4 Å². The molecule has 16 heavy (non-hydrogen) atoms. The molecular weight excluding hydrogens is 200 g/mol. The van der Waals surface area contributed by atoms with Gasteiger partial charge in [0.1, 0.15) is 5.75 Å². The molecule has 1 unspecified atom stereocenters. The first-order valence-corrected chi connectivity index (χ1v) is 6.00. The quantitative estimate of drug-likeness (QED) is 0.551. The highest BCUT2D eigenvalue weighted by molar-refractivity contribution is 5.29. The zero-order valence-corrected chi connectivity index (χ0v) is 10.2. The third kappa shape index (κ3) is 3.83. The lowest BCUT2D eigenvalue weighted by Crippen LogP contribution is -2.27. The molecule has 0 fully saturated rings. The van der Waals surface area contributed by atoms with Gasteiger partial charge in [-0.15, -0.1) is 0 Å². The van der Waals surface area contributed by atoms with Crippen LogP contribution in [0.1, 0.15) is 44.7 Å². The molecule has 1 aromatic carbocycles. The zero-order chi connectivity index (χ0) is 11.8. The number of hydrogen-bond acceptors (Lipinski definition) is 3. The Morgan fingerprint density at radius 2 is 1.94 bits per heavy atom. The Balaban J connectivity index is 2.62. The summed E-state index contributed by atoms with van der Waals surface area (Å²) < 4.78 is 5.40. The summed E-state index contributed by atoms with van der Waals surface area (Å²) in [6, 6.07) is 8.39. The lowest BCUT2D eigenvalue weighted by Gasteiger charge is -2.16. The molecule has 1 rings (SSSR count). The van der Waals surface area contributed by atoms with Gasteiger partial charge in [-0.3, -0.25) is 11.3 Å². The molecule has 3 N–H and O–H groups in total. The number of benzene rings is 1. The molecule has 0 saturated carbocycles. The van der Waals surface area contributed by atoms with Gasteiger partial charge in [0.2, 0.25) is 0 Å². The van der Waals surface area contributed by atoms with E-state index in [9.17, 15) is 0 Å². The first-order valence-electron chi connectivity index (χ1n) is 6.00. The predicted molar refractivity (Wildman–Crippen MR) is 67.2 cm³/mol. The minimum Gasteiger partial charge on any atom is -0.494 e. The van der Waals surface area contributed by atoms with Gasteiger partial charge in [-0.05, 0) is 31.0 Å². The number of hydrogen-bond donors (Lipinski definition) is 2. The van der Waals surface area contributed by atoms with Gasteiger partial charge in [0.15, 0.2) is 0 Å². The number of rotatable bonds is 7. The van der Waals surface area contributed by atoms with E-state index >= 15 is 0 Å². The smallest absolute Gasteiger partial charge is 0.119 e. The van der Waals surface area contributed by atoms with Gasteiger partial charge in [0, 0.05) is 6.04 Å². The van der Waals surface area contributed by atoms with Crippen LogP contribution < -0.4 is 16.0 Å². The van der Waals surface area contributed by atoms with Crippen molar-refractivity contribution in [3.63, 3.8) is 0 Å². The van der Waals surface area contributed by atoms with Crippen LogP contribution in [0.3, 0.4) is 0 Å². The van der Waals surface area contributed by atoms with Crippen molar-refractivity contribution < 1.29 is 4.74 Å². The van der Waals surface area contributed by atoms with E-state index in [2.05, 4.69) is 24.5 Å². The fourth-order valence-electron chi connectivity index (χ4n) is 1.72. The Bertz CT molecular complexity index is 284. The molecule has 0 aliphatic heterocycles. The topological polar surface area (TPSA) is 47.3 Å². The van der Waals surface area contributed by atoms with Crippen molar-refractivity contribution >= 4 is 0 Å². The van der Waals surface area contributed by atoms with Crippen molar-refractivity contribution in [2.75, 3.05) is 6.61 Å². The Morgan fingerprint density at radius 3 is 2.44 bits per heavy atom. The molecule has 1 aromatic rings. The molecule has 0 aromatic heterocycles. The minimum absolute atomic E-state index is 0.246. The Kier molecular flexibility index (Phi) is 5.90. The summed E-state index contributed by atoms with van der Waals surface area (Å²) in [6.07, 6.45) is 3.44. The second-order valence-corrected chi connectivity index (χ2v) is 3.86. The lowest BCUT2D eigenvalue weighted by atomic mass is 10.0. The van der Waals surface area contributed by atoms with Gasteiger partial charge >= 0.3 is 0 Å². The molecule has 0 spiro atoms. The predicted octanol–water partition coefficient (Wildman–Crippen LogP) is 2.78. The van der Waals surface area contributed by atoms with Crippen molar-refractivity contribution in [3.05, 3.63) is 29.8 Å². The van der Waals surface area contributed by atoms with Gasteiger partial charge in [0.05, 0.1) is 6.61 Å². The van der Waals surface area contributed by atoms with E-state index < -0.39 is 0 Å². The van der Waals surface area contributed by atoms with Crippen molar-refractivity contribution in [3.8, 4) is 5.75 Å². The molecule has 90 valence electrons. The highest BCUT2D eigenvalue weighted by Gasteiger charge is 2.08. The van der Waals surface area contributed by atoms with Crippen LogP contribution in [0.25, 0.3) is 0 Å². The maximum Gasteiger partial charge on any atom is 0.119 e. The van der Waals surface area contributed by atoms with Gasteiger partial charge in [-0.2, -0.15) is 0 Å². The van der Waals surface area contributed by atoms with E-state index in [1.807, 2.05) is 19.1 Å². The molecule has 1 atom stereocenters. The lowest BCUT2D eigenvalue weighted by molar-refractivity contribution is 0.340. The normalized spacial score (nSPS) is 12.4. The molecule has 0 aliphatic carbocycles. The number of ether oxygens (including phenoxy) is 1. The van der Waals surface area contributed by atoms with Gasteiger partial charge < -0.3 is 4.74 Å². The molecule has 3 heteroatoms. The summed E-state index contributed by atoms with van der Waals surface area (Å²) in [6.45, 7) is 4.87. The highest BCUT2D eigenvalue weighted by Crippen LogP contribution is 2.21. The molecule has 0 bridgehead atoms. The average molecular weight is 222 g/mol. The fourth-order valence-corrected chi connectivity index (χ4v) is 1.72. The van der Waals surface area contributed by atoms with Crippen LogP contribution in [-0.2, 0) is 0 Å². The van der Waals surface area contributed by atoms with Gasteiger partial charge in [-0.25, -0.2) is 0 Å². The van der Waals surface area contributed by atoms with Crippen LogP contribution in [-0.4, -0.2) is 6.61 Å². The van der Waals surface area contributed by atoms with Crippen LogP contribution in [0.4, 0.5) is 0 Å². The van der Waals surface area contributed by atoms with Crippen LogP contribution >= 0.6 is 0 Å². The Hall–Kier alpha value is -1.06. The van der Waals surface area contributed by atoms with Crippen LogP contribution in [0.5, 0.6) is 5.75 Å². The van der Waals surface area contributed by atoms with Gasteiger partial charge in [-0.1, -0.05) is 31.9 Å². The second-order valence-electron chi connectivity index (χ2n) is 3.86. The fraction of sp³-hybridized carbons (Fsp3) is 0.538. The van der Waals surface area contributed by atoms with E-state index in [1.54, 1.807) is 0 Å². The highest BCUT2D eigenvalue weighted by atomic mass is 16.5. The first kappa shape index (κ1) is 13.0. The summed E-state index contributed by atoms with van der Waals surface area (Å²) in [5.41, 5.74) is 4.09. The largest absolute Gasteiger partial charge is 0.494 e. The Labute approximate surface area is 98.0 Å². The third-order valence-corrected chi connectivity index (χ3v) is 2.64. The van der Waals surface area contributed by atoms with Crippen molar-refractivity contribution in [1.82, 2.24) is 5.43 Å². The number of unbranched alkanes of at least 4 members (excludes halogenated alkanes) is 1. The van der Waals surface area contributed by atoms with E-state index in [4.69, 9.17) is 10.6 Å². The summed E-state index contributed by atoms with van der Waals surface area (Å²) >= 11 is 0. The Morgan fingerprint density at radius 1 is 1.25 bits per heavy atom. The summed E-state index contributed by atoms with van der Waals surface area (Å²) in [5, 5.41) is 0. The number of nitrogens with two attached hydrogens (primary N) is 1. The average Bonchev–Trinajstić information content (AvgIpc) is 2.32. The van der Waals surface area contributed by atoms with E-state index in [0.29, 0.717) is 6.61 Å². The van der Waals surface area contributed by atoms with Crippen molar-refractivity contribution in [1.29, 1.82) is 0 Å². The molecule has 0 aliphatic rings. The number of hydrazine groups is 1.